The molecule has 0 aromatic heterocycles. The number of nitrogens with one attached hydrogen (secondary N) is 1. The molecule has 1 saturated heterocycles. The van der Waals surface area contributed by atoms with E-state index in [1.165, 1.54) is 0 Å². The largest absolute Gasteiger partial charge is 0.394 e. The van der Waals surface area contributed by atoms with E-state index in [0.717, 1.165) is 0 Å². The standard InChI is InChI=1S/C15H30N2O11/c1-16-2-3-17-14(26)11(24)10(23)13(6(20)4-18)28-15-12(25)9(22)8(21)7(5-19)27-15/h6-13,15-16,18-25H,2-5H2,1H3,(H,17,26)/p+1. The van der Waals surface area contributed by atoms with Crippen molar-refractivity contribution in [3.8, 4) is 0 Å². The van der Waals surface area contributed by atoms with Crippen LogP contribution in [0.3, 0.4) is 0 Å². The van der Waals surface area contributed by atoms with Crippen molar-refractivity contribution in [3.63, 3.8) is 0 Å². The van der Waals surface area contributed by atoms with Crippen molar-refractivity contribution >= 4 is 5.91 Å². The second-order valence-electron chi connectivity index (χ2n) is 6.47. The van der Waals surface area contributed by atoms with E-state index < -0.39 is 74.2 Å². The Morgan fingerprint density at radius 1 is 1.14 bits per heavy atom. The van der Waals surface area contributed by atoms with Gasteiger partial charge in [-0.3, -0.25) is 4.79 Å². The Morgan fingerprint density at radius 3 is 2.32 bits per heavy atom. The Bertz CT molecular complexity index is 469. The average molecular weight is 415 g/mol. The summed E-state index contributed by atoms with van der Waals surface area (Å²) < 4.78 is 10.3. The zero-order chi connectivity index (χ0) is 21.4. The Balaban J connectivity index is 2.88. The maximum absolute atomic E-state index is 11.9. The number of rotatable bonds is 11. The summed E-state index contributed by atoms with van der Waals surface area (Å²) in [5.74, 6) is -0.957. The van der Waals surface area contributed by atoms with Gasteiger partial charge in [0.05, 0.1) is 33.4 Å². The number of ether oxygens (including phenoxy) is 2. The average Bonchev–Trinajstić information content (AvgIpc) is 2.70. The lowest BCUT2D eigenvalue weighted by molar-refractivity contribution is -0.624. The van der Waals surface area contributed by atoms with Crippen LogP contribution < -0.4 is 10.6 Å². The number of carbonyl (C=O) groups excluding carboxylic acids is 1. The molecule has 0 aromatic rings. The zero-order valence-electron chi connectivity index (χ0n) is 15.4. The molecule has 13 nitrogen and oxygen atoms in total. The predicted octanol–water partition coefficient (Wildman–Crippen LogP) is -7.44. The number of aliphatic hydroxyl groups excluding tert-OH is 8. The van der Waals surface area contributed by atoms with Gasteiger partial charge in [0.1, 0.15) is 42.7 Å². The van der Waals surface area contributed by atoms with Crippen molar-refractivity contribution in [1.82, 2.24) is 5.32 Å². The van der Waals surface area contributed by atoms with Crippen LogP contribution in [0.1, 0.15) is 0 Å². The lowest BCUT2D eigenvalue weighted by atomic mass is 9.98. The van der Waals surface area contributed by atoms with Gasteiger partial charge in [-0.1, -0.05) is 0 Å². The van der Waals surface area contributed by atoms with Crippen LogP contribution in [-0.4, -0.2) is 135 Å². The molecule has 0 spiro atoms. The third-order valence-electron chi connectivity index (χ3n) is 4.37. The molecule has 13 heteroatoms. The van der Waals surface area contributed by atoms with Gasteiger partial charge in [-0.05, 0) is 0 Å². The highest BCUT2D eigenvalue weighted by molar-refractivity contribution is 5.81. The van der Waals surface area contributed by atoms with Gasteiger partial charge in [-0.25, -0.2) is 0 Å². The monoisotopic (exact) mass is 415 g/mol. The first-order chi connectivity index (χ1) is 13.2. The third kappa shape index (κ3) is 6.27. The fourth-order valence-corrected chi connectivity index (χ4v) is 2.62. The highest BCUT2D eigenvalue weighted by Crippen LogP contribution is 2.25. The molecule has 1 aliphatic heterocycles. The first-order valence-electron chi connectivity index (χ1n) is 8.86. The fraction of sp³-hybridized carbons (Fsp3) is 0.933. The summed E-state index contributed by atoms with van der Waals surface area (Å²) in [5.41, 5.74) is 0. The van der Waals surface area contributed by atoms with Crippen LogP contribution in [0.25, 0.3) is 0 Å². The van der Waals surface area contributed by atoms with E-state index in [4.69, 9.17) is 9.47 Å². The molecule has 0 bridgehead atoms. The van der Waals surface area contributed by atoms with Gasteiger partial charge in [0.2, 0.25) is 0 Å². The van der Waals surface area contributed by atoms with Crippen LogP contribution >= 0.6 is 0 Å². The van der Waals surface area contributed by atoms with Crippen LogP contribution in [0.4, 0.5) is 0 Å². The number of likely N-dealkylation sites (N-methyl/N-ethyl adjacent to an activating group) is 1. The molecular formula is C15H31N2O11+. The molecule has 166 valence electrons. The Labute approximate surface area is 161 Å². The maximum atomic E-state index is 11.9. The van der Waals surface area contributed by atoms with Crippen LogP contribution in [0.15, 0.2) is 0 Å². The Morgan fingerprint density at radius 2 is 1.79 bits per heavy atom. The number of amides is 1. The fourth-order valence-electron chi connectivity index (χ4n) is 2.62. The van der Waals surface area contributed by atoms with Gasteiger partial charge in [-0.15, -0.1) is 0 Å². The van der Waals surface area contributed by atoms with Gasteiger partial charge in [0.25, 0.3) is 5.91 Å². The minimum atomic E-state index is -2.05. The van der Waals surface area contributed by atoms with Gasteiger partial charge in [0.15, 0.2) is 12.4 Å². The van der Waals surface area contributed by atoms with Crippen LogP contribution in [0.2, 0.25) is 0 Å². The molecule has 1 rings (SSSR count). The summed E-state index contributed by atoms with van der Waals surface area (Å²) in [6.45, 7) is -0.961. The van der Waals surface area contributed by atoms with Gasteiger partial charge in [-0.2, -0.15) is 0 Å². The lowest BCUT2D eigenvalue weighted by Gasteiger charge is -2.42. The van der Waals surface area contributed by atoms with Crippen molar-refractivity contribution in [3.05, 3.63) is 0 Å². The molecule has 9 atom stereocenters. The maximum Gasteiger partial charge on any atom is 0.251 e. The number of carbonyl (C=O) groups is 1. The van der Waals surface area contributed by atoms with Crippen LogP contribution in [0, 0.1) is 0 Å². The van der Waals surface area contributed by atoms with E-state index in [0.29, 0.717) is 6.54 Å². The highest BCUT2D eigenvalue weighted by atomic mass is 16.7. The van der Waals surface area contributed by atoms with Crippen molar-refractivity contribution in [1.29, 1.82) is 0 Å². The smallest absolute Gasteiger partial charge is 0.251 e. The summed E-state index contributed by atoms with van der Waals surface area (Å²) in [6.07, 6.45) is -16.0. The SMILES string of the molecule is C[NH2+]CCNC(=O)C(O)C(O)C(OC1OC(CO)C(O)C(O)C1O)C(O)CO. The van der Waals surface area contributed by atoms with Crippen molar-refractivity contribution in [2.75, 3.05) is 33.4 Å². The Kier molecular flexibility index (Phi) is 10.6. The van der Waals surface area contributed by atoms with E-state index in [-0.39, 0.29) is 6.54 Å². The number of aliphatic hydroxyl groups is 8. The first kappa shape index (κ1) is 25.1. The third-order valence-corrected chi connectivity index (χ3v) is 4.37. The minimum absolute atomic E-state index is 0.194. The number of quaternary nitrogens is 1. The van der Waals surface area contributed by atoms with Crippen molar-refractivity contribution < 1.29 is 60.4 Å². The van der Waals surface area contributed by atoms with Gasteiger partial charge >= 0.3 is 0 Å². The molecule has 9 unspecified atom stereocenters. The Hall–Kier alpha value is -0.970. The lowest BCUT2D eigenvalue weighted by Crippen LogP contribution is -2.81. The van der Waals surface area contributed by atoms with E-state index in [1.807, 2.05) is 0 Å². The van der Waals surface area contributed by atoms with E-state index in [1.54, 1.807) is 12.4 Å². The zero-order valence-corrected chi connectivity index (χ0v) is 15.4. The quantitative estimate of drug-likeness (QED) is 0.143. The summed E-state index contributed by atoms with van der Waals surface area (Å²) in [5, 5.41) is 82.2. The van der Waals surface area contributed by atoms with Crippen LogP contribution in [-0.2, 0) is 14.3 Å². The summed E-state index contributed by atoms with van der Waals surface area (Å²) in [4.78, 5) is 11.9. The molecule has 11 N–H and O–H groups in total. The predicted molar refractivity (Wildman–Crippen MR) is 89.5 cm³/mol. The first-order valence-corrected chi connectivity index (χ1v) is 8.86. The number of nitrogens with two attached hydrogens (primary N) is 1. The van der Waals surface area contributed by atoms with Crippen molar-refractivity contribution in [2.45, 2.75) is 55.1 Å². The number of hydrogen-bond acceptors (Lipinski definition) is 11. The van der Waals surface area contributed by atoms with E-state index >= 15 is 0 Å². The molecule has 1 amide bonds. The molecule has 0 radical (unpaired) electrons. The molecule has 28 heavy (non-hydrogen) atoms. The normalized spacial score (nSPS) is 32.4. The van der Waals surface area contributed by atoms with Gasteiger partial charge in [0, 0.05) is 0 Å². The van der Waals surface area contributed by atoms with Crippen LogP contribution in [0.5, 0.6) is 0 Å². The molecule has 0 saturated carbocycles. The summed E-state index contributed by atoms with van der Waals surface area (Å²) in [7, 11) is 1.76. The van der Waals surface area contributed by atoms with Crippen molar-refractivity contribution in [2.24, 2.45) is 0 Å². The molecule has 1 heterocycles. The molecular weight excluding hydrogens is 384 g/mol. The van der Waals surface area contributed by atoms with E-state index in [2.05, 4.69) is 5.32 Å². The second kappa shape index (κ2) is 11.9. The summed E-state index contributed by atoms with van der Waals surface area (Å²) >= 11 is 0. The van der Waals surface area contributed by atoms with Gasteiger partial charge < -0.3 is 61.0 Å². The molecule has 0 aromatic carbocycles. The second-order valence-corrected chi connectivity index (χ2v) is 6.47. The number of hydrogen-bond donors (Lipinski definition) is 10. The molecule has 0 aliphatic carbocycles. The molecule has 1 fully saturated rings. The highest BCUT2D eigenvalue weighted by Gasteiger charge is 2.47. The summed E-state index contributed by atoms with van der Waals surface area (Å²) in [6, 6.07) is 0. The van der Waals surface area contributed by atoms with E-state index in [9.17, 15) is 45.6 Å². The molecule has 1 aliphatic rings. The minimum Gasteiger partial charge on any atom is -0.394 e. The topological polar surface area (TPSA) is 226 Å².